The number of amides is 2. The van der Waals surface area contributed by atoms with E-state index in [1.165, 1.54) is 0 Å². The van der Waals surface area contributed by atoms with Crippen LogP contribution in [0.25, 0.3) is 11.0 Å². The molecule has 2 aromatic rings. The number of pyridine rings is 1. The Kier molecular flexibility index (Phi) is 6.14. The van der Waals surface area contributed by atoms with Crippen LogP contribution in [0.15, 0.2) is 6.07 Å². The van der Waals surface area contributed by atoms with E-state index in [0.29, 0.717) is 30.5 Å². The number of likely N-dealkylation sites (tertiary alicyclic amines) is 1. The molecule has 8 nitrogen and oxygen atoms in total. The molecule has 2 amide bonds. The van der Waals surface area contributed by atoms with Crippen molar-refractivity contribution in [2.45, 2.75) is 71.3 Å². The Morgan fingerprint density at radius 3 is 2.69 bits per heavy atom. The second kappa shape index (κ2) is 8.71. The molecule has 1 unspecified atom stereocenters. The van der Waals surface area contributed by atoms with E-state index < -0.39 is 5.60 Å². The molecule has 2 aliphatic rings. The highest BCUT2D eigenvalue weighted by Crippen LogP contribution is 2.40. The summed E-state index contributed by atoms with van der Waals surface area (Å²) in [5, 5.41) is 8.42. The van der Waals surface area contributed by atoms with E-state index in [2.05, 4.69) is 10.4 Å². The third-order valence-corrected chi connectivity index (χ3v) is 6.24. The average Bonchev–Trinajstić information content (AvgIpc) is 3.53. The first-order valence-electron chi connectivity index (χ1n) is 11.7. The van der Waals surface area contributed by atoms with Crippen LogP contribution in [0.5, 0.6) is 0 Å². The molecule has 0 aromatic carbocycles. The predicted octanol–water partition coefficient (Wildman–Crippen LogP) is 3.92. The number of aromatic nitrogens is 3. The number of aryl methyl sites for hydroxylation is 2. The second-order valence-corrected chi connectivity index (χ2v) is 10.3. The highest BCUT2D eigenvalue weighted by Gasteiger charge is 2.29. The maximum atomic E-state index is 13.1. The number of hydrogen-bond acceptors (Lipinski definition) is 5. The molecule has 2 aromatic heterocycles. The van der Waals surface area contributed by atoms with Gasteiger partial charge in [0.1, 0.15) is 5.60 Å². The first-order valence-corrected chi connectivity index (χ1v) is 11.7. The van der Waals surface area contributed by atoms with E-state index in [9.17, 15) is 9.59 Å². The van der Waals surface area contributed by atoms with Gasteiger partial charge in [0.15, 0.2) is 5.65 Å². The number of carbonyl (C=O) groups is 2. The van der Waals surface area contributed by atoms with Gasteiger partial charge in [0.2, 0.25) is 0 Å². The average molecular weight is 442 g/mol. The topological polar surface area (TPSA) is 89.4 Å². The maximum absolute atomic E-state index is 13.1. The SMILES string of the molecule is Cc1nn(C)c2nc(C3CC3)cc(C(=O)NCCC3CCCN(C(=O)OC(C)(C)C)C3)c12. The zero-order valence-electron chi connectivity index (χ0n) is 19.9. The molecule has 2 fully saturated rings. The van der Waals surface area contributed by atoms with Gasteiger partial charge in [0.25, 0.3) is 5.91 Å². The van der Waals surface area contributed by atoms with Gasteiger partial charge >= 0.3 is 6.09 Å². The number of fused-ring (bicyclic) bond motifs is 1. The fourth-order valence-electron chi connectivity index (χ4n) is 4.51. The van der Waals surface area contributed by atoms with Crippen molar-refractivity contribution in [3.8, 4) is 0 Å². The molecule has 32 heavy (non-hydrogen) atoms. The molecule has 1 atom stereocenters. The van der Waals surface area contributed by atoms with Crippen molar-refractivity contribution < 1.29 is 14.3 Å². The van der Waals surface area contributed by atoms with E-state index in [1.807, 2.05) is 40.8 Å². The minimum absolute atomic E-state index is 0.0739. The van der Waals surface area contributed by atoms with Crippen LogP contribution in [0.1, 0.15) is 80.5 Å². The molecule has 0 bridgehead atoms. The van der Waals surface area contributed by atoms with Crippen LogP contribution in [0, 0.1) is 12.8 Å². The third-order valence-electron chi connectivity index (χ3n) is 6.24. The zero-order chi connectivity index (χ0) is 23.0. The number of ether oxygens (including phenoxy) is 1. The quantitative estimate of drug-likeness (QED) is 0.760. The predicted molar refractivity (Wildman–Crippen MR) is 123 cm³/mol. The van der Waals surface area contributed by atoms with Crippen molar-refractivity contribution in [1.82, 2.24) is 25.0 Å². The lowest BCUT2D eigenvalue weighted by atomic mass is 9.95. The Labute approximate surface area is 189 Å². The van der Waals surface area contributed by atoms with Gasteiger partial charge in [-0.3, -0.25) is 9.48 Å². The fourth-order valence-corrected chi connectivity index (χ4v) is 4.51. The van der Waals surface area contributed by atoms with Crippen molar-refractivity contribution >= 4 is 23.0 Å². The van der Waals surface area contributed by atoms with Crippen LogP contribution in [0.3, 0.4) is 0 Å². The summed E-state index contributed by atoms with van der Waals surface area (Å²) in [6.07, 6.45) is 4.87. The van der Waals surface area contributed by atoms with Crippen LogP contribution < -0.4 is 5.32 Å². The number of piperidine rings is 1. The molecule has 1 aliphatic heterocycles. The smallest absolute Gasteiger partial charge is 0.410 e. The third kappa shape index (κ3) is 5.05. The van der Waals surface area contributed by atoms with Gasteiger partial charge in [-0.1, -0.05) is 0 Å². The van der Waals surface area contributed by atoms with Gasteiger partial charge in [-0.25, -0.2) is 9.78 Å². The monoisotopic (exact) mass is 441 g/mol. The van der Waals surface area contributed by atoms with Gasteiger partial charge < -0.3 is 15.0 Å². The van der Waals surface area contributed by atoms with Crippen molar-refractivity contribution in [1.29, 1.82) is 0 Å². The summed E-state index contributed by atoms with van der Waals surface area (Å²) in [5.74, 6) is 0.744. The molecule has 1 saturated heterocycles. The van der Waals surface area contributed by atoms with E-state index >= 15 is 0 Å². The van der Waals surface area contributed by atoms with Crippen LogP contribution in [0.2, 0.25) is 0 Å². The molecule has 0 radical (unpaired) electrons. The van der Waals surface area contributed by atoms with Gasteiger partial charge in [0.05, 0.1) is 16.6 Å². The molecule has 1 aliphatic carbocycles. The standard InChI is InChI=1S/C24H35N5O3/c1-15-20-18(13-19(17-8-9-17)26-21(20)28(5)27-15)22(30)25-11-10-16-7-6-12-29(14-16)23(31)32-24(2,3)4/h13,16-17H,6-12,14H2,1-5H3,(H,25,30). The Morgan fingerprint density at radius 1 is 1.25 bits per heavy atom. The van der Waals surface area contributed by atoms with Crippen molar-refractivity contribution in [2.75, 3.05) is 19.6 Å². The maximum Gasteiger partial charge on any atom is 0.410 e. The van der Waals surface area contributed by atoms with Crippen molar-refractivity contribution in [3.05, 3.63) is 23.0 Å². The lowest BCUT2D eigenvalue weighted by Crippen LogP contribution is -2.43. The van der Waals surface area contributed by atoms with Crippen LogP contribution >= 0.6 is 0 Å². The Hall–Kier alpha value is -2.64. The molecule has 1 saturated carbocycles. The Morgan fingerprint density at radius 2 is 2.00 bits per heavy atom. The molecule has 3 heterocycles. The summed E-state index contributed by atoms with van der Waals surface area (Å²) in [6.45, 7) is 9.57. The summed E-state index contributed by atoms with van der Waals surface area (Å²) >= 11 is 0. The molecular weight excluding hydrogens is 406 g/mol. The number of nitrogens with one attached hydrogen (secondary N) is 1. The van der Waals surface area contributed by atoms with E-state index in [0.717, 1.165) is 61.1 Å². The van der Waals surface area contributed by atoms with Gasteiger partial charge in [-0.15, -0.1) is 0 Å². The summed E-state index contributed by atoms with van der Waals surface area (Å²) in [6, 6.07) is 1.95. The molecule has 4 rings (SSSR count). The summed E-state index contributed by atoms with van der Waals surface area (Å²) in [5.41, 5.74) is 2.77. The number of nitrogens with zero attached hydrogens (tertiary/aromatic N) is 4. The summed E-state index contributed by atoms with van der Waals surface area (Å²) < 4.78 is 7.28. The first-order chi connectivity index (χ1) is 15.1. The first kappa shape index (κ1) is 22.6. The minimum Gasteiger partial charge on any atom is -0.444 e. The second-order valence-electron chi connectivity index (χ2n) is 10.3. The van der Waals surface area contributed by atoms with Crippen molar-refractivity contribution in [2.24, 2.45) is 13.0 Å². The van der Waals surface area contributed by atoms with E-state index in [-0.39, 0.29) is 12.0 Å². The lowest BCUT2D eigenvalue weighted by molar-refractivity contribution is 0.0161. The van der Waals surface area contributed by atoms with Gasteiger partial charge in [0, 0.05) is 38.3 Å². The van der Waals surface area contributed by atoms with Gasteiger partial charge in [-0.05, 0) is 71.8 Å². The van der Waals surface area contributed by atoms with E-state index in [4.69, 9.17) is 9.72 Å². The van der Waals surface area contributed by atoms with Crippen LogP contribution in [0.4, 0.5) is 4.79 Å². The molecule has 174 valence electrons. The van der Waals surface area contributed by atoms with Crippen LogP contribution in [-0.2, 0) is 11.8 Å². The fraction of sp³-hybridized carbons (Fsp3) is 0.667. The van der Waals surface area contributed by atoms with Crippen molar-refractivity contribution in [3.63, 3.8) is 0 Å². The van der Waals surface area contributed by atoms with Gasteiger partial charge in [-0.2, -0.15) is 5.10 Å². The largest absolute Gasteiger partial charge is 0.444 e. The van der Waals surface area contributed by atoms with E-state index in [1.54, 1.807) is 9.58 Å². The molecule has 0 spiro atoms. The molecular formula is C24H35N5O3. The highest BCUT2D eigenvalue weighted by molar-refractivity contribution is 6.06. The minimum atomic E-state index is -0.488. The number of carbonyl (C=O) groups excluding carboxylic acids is 2. The Balaban J connectivity index is 1.38. The Bertz CT molecular complexity index is 1020. The lowest BCUT2D eigenvalue weighted by Gasteiger charge is -2.34. The number of rotatable bonds is 5. The summed E-state index contributed by atoms with van der Waals surface area (Å²) in [7, 11) is 1.88. The zero-order valence-corrected chi connectivity index (χ0v) is 19.9. The number of hydrogen-bond donors (Lipinski definition) is 1. The van der Waals surface area contributed by atoms with Crippen LogP contribution in [-0.4, -0.2) is 56.9 Å². The highest BCUT2D eigenvalue weighted by atomic mass is 16.6. The molecule has 1 N–H and O–H groups in total. The normalized spacial score (nSPS) is 19.3. The summed E-state index contributed by atoms with van der Waals surface area (Å²) in [4.78, 5) is 32.1. The molecule has 8 heteroatoms.